The zero-order valence-corrected chi connectivity index (χ0v) is 31.2. The van der Waals surface area contributed by atoms with Crippen molar-refractivity contribution in [1.29, 1.82) is 0 Å². The van der Waals surface area contributed by atoms with Crippen LogP contribution in [0.5, 0.6) is 0 Å². The van der Waals surface area contributed by atoms with Crippen molar-refractivity contribution in [2.24, 2.45) is 0 Å². The molecule has 0 radical (unpaired) electrons. The molecule has 0 saturated carbocycles. The Bertz CT molecular complexity index is 1630. The van der Waals surface area contributed by atoms with Gasteiger partial charge in [0.15, 0.2) is 0 Å². The molecule has 13 nitrogen and oxygen atoms in total. The highest BCUT2D eigenvalue weighted by Gasteiger charge is 2.42. The molecule has 0 aliphatic carbocycles. The molecule has 0 aromatic heterocycles. The number of para-hydroxylation sites is 1. The fraction of sp³-hybridized carbons (Fsp3) is 0.450. The van der Waals surface area contributed by atoms with E-state index >= 15 is 0 Å². The number of hydrogen-bond acceptors (Lipinski definition) is 9. The van der Waals surface area contributed by atoms with E-state index in [4.69, 9.17) is 9.47 Å². The van der Waals surface area contributed by atoms with Crippen molar-refractivity contribution in [3.8, 4) is 0 Å². The number of amides is 4. The van der Waals surface area contributed by atoms with Crippen LogP contribution in [0.25, 0.3) is 0 Å². The summed E-state index contributed by atoms with van der Waals surface area (Å²) < 4.78 is 10.9. The lowest BCUT2D eigenvalue weighted by Gasteiger charge is -2.28. The lowest BCUT2D eigenvalue weighted by Crippen LogP contribution is -2.45. The van der Waals surface area contributed by atoms with Gasteiger partial charge in [0, 0.05) is 43.0 Å². The van der Waals surface area contributed by atoms with Crippen LogP contribution in [0.15, 0.2) is 78.9 Å². The second kappa shape index (κ2) is 16.3. The molecule has 53 heavy (non-hydrogen) atoms. The van der Waals surface area contributed by atoms with Crippen LogP contribution in [-0.2, 0) is 32.2 Å². The van der Waals surface area contributed by atoms with E-state index in [1.165, 1.54) is 9.80 Å². The van der Waals surface area contributed by atoms with Crippen LogP contribution in [0.1, 0.15) is 65.5 Å². The molecule has 4 amide bonds. The van der Waals surface area contributed by atoms with Gasteiger partial charge in [0.25, 0.3) is 0 Å². The molecule has 0 spiro atoms. The quantitative estimate of drug-likeness (QED) is 0.223. The normalized spacial score (nSPS) is 20.2. The number of nitrogens with one attached hydrogen (secondary N) is 2. The maximum absolute atomic E-state index is 13.2. The monoisotopic (exact) mass is 729 g/mol. The van der Waals surface area contributed by atoms with Crippen molar-refractivity contribution >= 4 is 41.1 Å². The molecule has 4 N–H and O–H groups in total. The van der Waals surface area contributed by atoms with Crippen LogP contribution in [0.2, 0.25) is 0 Å². The number of rotatable bonds is 9. The zero-order valence-electron chi connectivity index (χ0n) is 31.2. The third-order valence-electron chi connectivity index (χ3n) is 8.73. The highest BCUT2D eigenvalue weighted by atomic mass is 16.6. The maximum atomic E-state index is 13.2. The molecular formula is C40H51N5O8. The van der Waals surface area contributed by atoms with Gasteiger partial charge in [-0.25, -0.2) is 9.59 Å². The van der Waals surface area contributed by atoms with Gasteiger partial charge < -0.3 is 35.2 Å². The lowest BCUT2D eigenvalue weighted by molar-refractivity contribution is -0.121. The summed E-state index contributed by atoms with van der Waals surface area (Å²) in [4.78, 5) is 56.6. The van der Waals surface area contributed by atoms with Crippen molar-refractivity contribution in [3.05, 3.63) is 90.0 Å². The van der Waals surface area contributed by atoms with E-state index in [0.29, 0.717) is 24.5 Å². The van der Waals surface area contributed by atoms with E-state index in [1.54, 1.807) is 41.5 Å². The number of carbonyl (C=O) groups excluding carboxylic acids is 4. The van der Waals surface area contributed by atoms with Crippen LogP contribution in [0, 0.1) is 0 Å². The topological polar surface area (TPSA) is 161 Å². The first kappa shape index (κ1) is 39.1. The second-order valence-corrected chi connectivity index (χ2v) is 15.6. The standard InChI is InChI=1S/C40H51N5O8/c1-39(2,3)52-37(50)44-24-31(46)20-33(44)35(48)41-28-16-12-26(13-17-28)22-43(30-10-8-7-9-11-30)23-27-14-18-29(19-15-27)42-36(49)34-21-32(47)25-45(34)38(51)53-40(4,5)6/h7-19,31-34,46-47H,20-25H2,1-6H3,(H,41,48)(H,42,49)/t31-,32-,33+,34+/m1/s1. The van der Waals surface area contributed by atoms with E-state index in [0.717, 1.165) is 16.8 Å². The number of carbonyl (C=O) groups is 4. The molecular weight excluding hydrogens is 678 g/mol. The molecule has 2 aliphatic heterocycles. The maximum Gasteiger partial charge on any atom is 0.411 e. The first-order valence-electron chi connectivity index (χ1n) is 17.9. The van der Waals surface area contributed by atoms with Crippen molar-refractivity contribution in [2.45, 2.75) is 103 Å². The van der Waals surface area contributed by atoms with Gasteiger partial charge in [-0.2, -0.15) is 0 Å². The second-order valence-electron chi connectivity index (χ2n) is 15.6. The first-order chi connectivity index (χ1) is 24.9. The third-order valence-corrected chi connectivity index (χ3v) is 8.73. The Morgan fingerprint density at radius 3 is 1.38 bits per heavy atom. The predicted molar refractivity (Wildman–Crippen MR) is 201 cm³/mol. The fourth-order valence-corrected chi connectivity index (χ4v) is 6.33. The Kier molecular flexibility index (Phi) is 12.0. The highest BCUT2D eigenvalue weighted by Crippen LogP contribution is 2.26. The van der Waals surface area contributed by atoms with Crippen molar-refractivity contribution in [1.82, 2.24) is 9.80 Å². The predicted octanol–water partition coefficient (Wildman–Crippen LogP) is 5.51. The molecule has 3 aromatic carbocycles. The molecule has 13 heteroatoms. The Hall–Kier alpha value is -5.14. The summed E-state index contributed by atoms with van der Waals surface area (Å²) in [7, 11) is 0. The van der Waals surface area contributed by atoms with Gasteiger partial charge in [-0.1, -0.05) is 42.5 Å². The van der Waals surface area contributed by atoms with Gasteiger partial charge >= 0.3 is 12.2 Å². The van der Waals surface area contributed by atoms with E-state index < -0.39 is 59.5 Å². The van der Waals surface area contributed by atoms with Crippen LogP contribution in [-0.4, -0.2) is 92.6 Å². The fourth-order valence-electron chi connectivity index (χ4n) is 6.33. The Morgan fingerprint density at radius 2 is 1.02 bits per heavy atom. The summed E-state index contributed by atoms with van der Waals surface area (Å²) in [6, 6.07) is 23.2. The SMILES string of the molecule is CC(C)(C)OC(=O)N1C[C@H](O)C[C@H]1C(=O)Nc1ccc(CN(Cc2ccc(NC(=O)[C@@H]3C[C@@H](O)CN3C(=O)OC(C)(C)C)cc2)c2ccccc2)cc1. The van der Waals surface area contributed by atoms with Crippen LogP contribution in [0.3, 0.4) is 0 Å². The largest absolute Gasteiger partial charge is 0.444 e. The number of likely N-dealkylation sites (tertiary alicyclic amines) is 2. The minimum atomic E-state index is -0.852. The minimum absolute atomic E-state index is 0.0265. The van der Waals surface area contributed by atoms with Crippen LogP contribution in [0.4, 0.5) is 26.7 Å². The number of hydrogen-bond donors (Lipinski definition) is 4. The molecule has 5 rings (SSSR count). The summed E-state index contributed by atoms with van der Waals surface area (Å²) in [5, 5.41) is 26.2. The molecule has 2 heterocycles. The highest BCUT2D eigenvalue weighted by molar-refractivity contribution is 5.97. The van der Waals surface area contributed by atoms with Gasteiger partial charge in [0.05, 0.1) is 25.3 Å². The van der Waals surface area contributed by atoms with Gasteiger partial charge in [-0.15, -0.1) is 0 Å². The average molecular weight is 730 g/mol. The molecule has 0 bridgehead atoms. The van der Waals surface area contributed by atoms with Gasteiger partial charge in [-0.05, 0) is 89.1 Å². The molecule has 2 saturated heterocycles. The van der Waals surface area contributed by atoms with Crippen molar-refractivity contribution in [3.63, 3.8) is 0 Å². The lowest BCUT2D eigenvalue weighted by atomic mass is 10.1. The Balaban J connectivity index is 1.21. The van der Waals surface area contributed by atoms with Gasteiger partial charge in [-0.3, -0.25) is 19.4 Å². The molecule has 4 atom stereocenters. The Labute approximate surface area is 310 Å². The number of benzene rings is 3. The molecule has 2 aliphatic rings. The van der Waals surface area contributed by atoms with Gasteiger partial charge in [0.2, 0.25) is 11.8 Å². The summed E-state index contributed by atoms with van der Waals surface area (Å²) in [6.07, 6.45) is -2.66. The number of ether oxygens (including phenoxy) is 2. The number of β-amino-alcohol motifs (C(OH)–C–C–N with tert-alkyl or cyclic N) is 2. The molecule has 284 valence electrons. The number of nitrogens with zero attached hydrogens (tertiary/aromatic N) is 3. The summed E-state index contributed by atoms with van der Waals surface area (Å²) in [5.41, 5.74) is 2.67. The van der Waals surface area contributed by atoms with E-state index in [2.05, 4.69) is 15.5 Å². The van der Waals surface area contributed by atoms with Crippen molar-refractivity contribution < 1.29 is 38.9 Å². The summed E-state index contributed by atoms with van der Waals surface area (Å²) >= 11 is 0. The zero-order chi connectivity index (χ0) is 38.5. The van der Waals surface area contributed by atoms with E-state index in [9.17, 15) is 29.4 Å². The summed E-state index contributed by atoms with van der Waals surface area (Å²) in [6.45, 7) is 11.7. The summed E-state index contributed by atoms with van der Waals surface area (Å²) in [5.74, 6) is -0.793. The number of aliphatic hydroxyl groups is 2. The molecule has 3 aromatic rings. The Morgan fingerprint density at radius 1 is 0.642 bits per heavy atom. The van der Waals surface area contributed by atoms with E-state index in [-0.39, 0.29) is 25.9 Å². The smallest absolute Gasteiger partial charge is 0.411 e. The minimum Gasteiger partial charge on any atom is -0.444 e. The van der Waals surface area contributed by atoms with E-state index in [1.807, 2.05) is 78.9 Å². The average Bonchev–Trinajstić information content (AvgIpc) is 3.68. The van der Waals surface area contributed by atoms with Crippen LogP contribution < -0.4 is 15.5 Å². The molecule has 2 fully saturated rings. The van der Waals surface area contributed by atoms with Crippen molar-refractivity contribution in [2.75, 3.05) is 28.6 Å². The first-order valence-corrected chi connectivity index (χ1v) is 17.9. The van der Waals surface area contributed by atoms with Crippen LogP contribution >= 0.6 is 0 Å². The number of aliphatic hydroxyl groups excluding tert-OH is 2. The van der Waals surface area contributed by atoms with Gasteiger partial charge in [0.1, 0.15) is 23.3 Å². The third kappa shape index (κ3) is 10.9. The number of anilines is 3. The molecule has 0 unspecified atom stereocenters.